The second kappa shape index (κ2) is 6.50. The summed E-state index contributed by atoms with van der Waals surface area (Å²) in [6.45, 7) is 6.28. The lowest BCUT2D eigenvalue weighted by Crippen LogP contribution is -2.39. The van der Waals surface area contributed by atoms with E-state index in [4.69, 9.17) is 0 Å². The van der Waals surface area contributed by atoms with Crippen LogP contribution in [0.15, 0.2) is 41.3 Å². The van der Waals surface area contributed by atoms with Crippen LogP contribution in [0.2, 0.25) is 0 Å². The van der Waals surface area contributed by atoms with Crippen molar-refractivity contribution in [3.63, 3.8) is 0 Å². The van der Waals surface area contributed by atoms with E-state index >= 15 is 0 Å². The Morgan fingerprint density at radius 3 is 2.81 bits per heavy atom. The molecule has 0 saturated carbocycles. The van der Waals surface area contributed by atoms with Gasteiger partial charge in [0.2, 0.25) is 5.95 Å². The molecule has 0 saturated heterocycles. The van der Waals surface area contributed by atoms with Crippen LogP contribution in [0.5, 0.6) is 0 Å². The standard InChI is InChI=1S/C20H21N5O2/c1-12-10-18(26)23-20(22-12)25-14(3)17(11-21-25)19(27)24-9-8-15-6-4-5-7-16(15)13(24)2/h4-7,10-11,13H,8-9H2,1-3H3,(H,22,23,26)/t13-/m0/s1. The third-order valence-corrected chi connectivity index (χ3v) is 5.15. The van der Waals surface area contributed by atoms with Crippen LogP contribution < -0.4 is 5.56 Å². The van der Waals surface area contributed by atoms with Crippen molar-refractivity contribution in [3.8, 4) is 5.95 Å². The van der Waals surface area contributed by atoms with Crippen molar-refractivity contribution in [1.29, 1.82) is 0 Å². The highest BCUT2D eigenvalue weighted by molar-refractivity contribution is 5.95. The molecule has 3 heterocycles. The first kappa shape index (κ1) is 17.2. The molecule has 1 atom stereocenters. The summed E-state index contributed by atoms with van der Waals surface area (Å²) in [6.07, 6.45) is 2.39. The molecule has 7 nitrogen and oxygen atoms in total. The van der Waals surface area contributed by atoms with E-state index in [1.807, 2.05) is 24.0 Å². The fourth-order valence-corrected chi connectivity index (χ4v) is 3.70. The number of carbonyl (C=O) groups is 1. The van der Waals surface area contributed by atoms with Gasteiger partial charge in [0.1, 0.15) is 0 Å². The highest BCUT2D eigenvalue weighted by atomic mass is 16.2. The first-order valence-corrected chi connectivity index (χ1v) is 8.97. The topological polar surface area (TPSA) is 83.9 Å². The number of rotatable bonds is 2. The number of aryl methyl sites for hydroxylation is 1. The van der Waals surface area contributed by atoms with E-state index in [1.165, 1.54) is 21.9 Å². The largest absolute Gasteiger partial charge is 0.331 e. The number of hydrogen-bond donors (Lipinski definition) is 1. The van der Waals surface area contributed by atoms with Crippen LogP contribution in [0, 0.1) is 13.8 Å². The molecule has 27 heavy (non-hydrogen) atoms. The number of amides is 1. The van der Waals surface area contributed by atoms with Gasteiger partial charge in [0, 0.05) is 18.3 Å². The van der Waals surface area contributed by atoms with Crippen LogP contribution in [-0.4, -0.2) is 37.1 Å². The lowest BCUT2D eigenvalue weighted by atomic mass is 9.93. The Labute approximate surface area is 156 Å². The fourth-order valence-electron chi connectivity index (χ4n) is 3.70. The number of aromatic nitrogens is 4. The molecule has 4 rings (SSSR count). The summed E-state index contributed by atoms with van der Waals surface area (Å²) in [5, 5.41) is 4.29. The molecule has 1 aromatic carbocycles. The Hall–Kier alpha value is -3.22. The molecule has 1 N–H and O–H groups in total. The van der Waals surface area contributed by atoms with Crippen molar-refractivity contribution in [1.82, 2.24) is 24.6 Å². The lowest BCUT2D eigenvalue weighted by Gasteiger charge is -2.35. The molecule has 1 aliphatic heterocycles. The van der Waals surface area contributed by atoms with Gasteiger partial charge in [0.25, 0.3) is 11.5 Å². The van der Waals surface area contributed by atoms with Gasteiger partial charge in [-0.05, 0) is 38.3 Å². The van der Waals surface area contributed by atoms with Crippen molar-refractivity contribution in [3.05, 3.63) is 75.0 Å². The number of aromatic amines is 1. The number of H-pyrrole nitrogens is 1. The summed E-state index contributed by atoms with van der Waals surface area (Å²) >= 11 is 0. The van der Waals surface area contributed by atoms with Crippen molar-refractivity contribution in [2.75, 3.05) is 6.54 Å². The van der Waals surface area contributed by atoms with Gasteiger partial charge in [-0.3, -0.25) is 14.6 Å². The van der Waals surface area contributed by atoms with Gasteiger partial charge in [-0.15, -0.1) is 0 Å². The molecule has 0 radical (unpaired) electrons. The molecule has 0 unspecified atom stereocenters. The molecule has 7 heteroatoms. The number of benzene rings is 1. The molecule has 0 aliphatic carbocycles. The van der Waals surface area contributed by atoms with Crippen molar-refractivity contribution in [2.24, 2.45) is 0 Å². The number of hydrogen-bond acceptors (Lipinski definition) is 4. The summed E-state index contributed by atoms with van der Waals surface area (Å²) in [4.78, 5) is 33.8. The number of fused-ring (bicyclic) bond motifs is 1. The SMILES string of the molecule is Cc1cc(=O)[nH]c(-n2ncc(C(=O)N3CCc4ccccc4[C@@H]3C)c2C)n1. The normalized spacial score (nSPS) is 16.3. The van der Waals surface area contributed by atoms with Gasteiger partial charge < -0.3 is 4.90 Å². The number of carbonyl (C=O) groups excluding carboxylic acids is 1. The third-order valence-electron chi connectivity index (χ3n) is 5.15. The molecule has 0 spiro atoms. The summed E-state index contributed by atoms with van der Waals surface area (Å²) < 4.78 is 1.50. The zero-order valence-electron chi connectivity index (χ0n) is 15.6. The fraction of sp³-hybridized carbons (Fsp3) is 0.300. The van der Waals surface area contributed by atoms with Crippen LogP contribution in [0.4, 0.5) is 0 Å². The van der Waals surface area contributed by atoms with Crippen molar-refractivity contribution in [2.45, 2.75) is 33.2 Å². The summed E-state index contributed by atoms with van der Waals surface area (Å²) in [6, 6.07) is 9.66. The van der Waals surface area contributed by atoms with Gasteiger partial charge in [-0.2, -0.15) is 5.10 Å². The Morgan fingerprint density at radius 1 is 1.26 bits per heavy atom. The highest BCUT2D eigenvalue weighted by Gasteiger charge is 2.30. The maximum Gasteiger partial charge on any atom is 0.257 e. The van der Waals surface area contributed by atoms with Gasteiger partial charge in [-0.1, -0.05) is 24.3 Å². The maximum absolute atomic E-state index is 13.2. The van der Waals surface area contributed by atoms with Gasteiger partial charge >= 0.3 is 0 Å². The Bertz CT molecular complexity index is 1080. The van der Waals surface area contributed by atoms with Crippen molar-refractivity contribution >= 4 is 5.91 Å². The second-order valence-electron chi connectivity index (χ2n) is 6.89. The van der Waals surface area contributed by atoms with Crippen LogP contribution in [-0.2, 0) is 6.42 Å². The maximum atomic E-state index is 13.2. The lowest BCUT2D eigenvalue weighted by molar-refractivity contribution is 0.0677. The average Bonchev–Trinajstić information content (AvgIpc) is 3.02. The molecular weight excluding hydrogens is 342 g/mol. The number of nitrogens with zero attached hydrogens (tertiary/aromatic N) is 4. The Balaban J connectivity index is 1.68. The molecule has 138 valence electrons. The zero-order valence-corrected chi connectivity index (χ0v) is 15.6. The molecule has 1 aliphatic rings. The van der Waals surface area contributed by atoms with E-state index in [1.54, 1.807) is 13.1 Å². The van der Waals surface area contributed by atoms with Crippen LogP contribution >= 0.6 is 0 Å². The predicted molar refractivity (Wildman–Crippen MR) is 101 cm³/mol. The quantitative estimate of drug-likeness (QED) is 0.757. The Morgan fingerprint density at radius 2 is 2.04 bits per heavy atom. The minimum Gasteiger partial charge on any atom is -0.331 e. The first-order chi connectivity index (χ1) is 13.0. The van der Waals surface area contributed by atoms with Crippen LogP contribution in [0.25, 0.3) is 5.95 Å². The average molecular weight is 363 g/mol. The monoisotopic (exact) mass is 363 g/mol. The molecule has 1 amide bonds. The van der Waals surface area contributed by atoms with E-state index in [2.05, 4.69) is 34.1 Å². The van der Waals surface area contributed by atoms with Crippen LogP contribution in [0.1, 0.15) is 45.8 Å². The minimum atomic E-state index is -0.249. The molecule has 2 aromatic heterocycles. The zero-order chi connectivity index (χ0) is 19.1. The molecule has 0 fully saturated rings. The van der Waals surface area contributed by atoms with E-state index in [-0.39, 0.29) is 17.5 Å². The Kier molecular flexibility index (Phi) is 4.14. The van der Waals surface area contributed by atoms with E-state index in [0.29, 0.717) is 29.4 Å². The third kappa shape index (κ3) is 2.95. The summed E-state index contributed by atoms with van der Waals surface area (Å²) in [5.74, 6) is 0.254. The highest BCUT2D eigenvalue weighted by Crippen LogP contribution is 2.30. The summed E-state index contributed by atoms with van der Waals surface area (Å²) in [5.41, 5.74) is 4.00. The van der Waals surface area contributed by atoms with Gasteiger partial charge in [-0.25, -0.2) is 9.67 Å². The first-order valence-electron chi connectivity index (χ1n) is 8.97. The summed E-state index contributed by atoms with van der Waals surface area (Å²) in [7, 11) is 0. The second-order valence-corrected chi connectivity index (χ2v) is 6.89. The molecule has 0 bridgehead atoms. The van der Waals surface area contributed by atoms with E-state index < -0.39 is 0 Å². The minimum absolute atomic E-state index is 0.00195. The number of nitrogens with one attached hydrogen (secondary N) is 1. The molecule has 3 aromatic rings. The predicted octanol–water partition coefficient (Wildman–Crippen LogP) is 2.33. The van der Waals surface area contributed by atoms with Gasteiger partial charge in [0.05, 0.1) is 23.5 Å². The van der Waals surface area contributed by atoms with E-state index in [0.717, 1.165) is 6.42 Å². The molecular formula is C20H21N5O2. The van der Waals surface area contributed by atoms with Crippen LogP contribution in [0.3, 0.4) is 0 Å². The van der Waals surface area contributed by atoms with Crippen molar-refractivity contribution < 1.29 is 4.79 Å². The van der Waals surface area contributed by atoms with Gasteiger partial charge in [0.15, 0.2) is 0 Å². The smallest absolute Gasteiger partial charge is 0.257 e. The van der Waals surface area contributed by atoms with E-state index in [9.17, 15) is 9.59 Å².